The Morgan fingerprint density at radius 3 is 3.05 bits per heavy atom. The van der Waals surface area contributed by atoms with Crippen LogP contribution in [0.15, 0.2) is 46.4 Å². The maximum absolute atomic E-state index is 12.1. The summed E-state index contributed by atoms with van der Waals surface area (Å²) in [5.74, 6) is 0.0568. The molecule has 5 heteroatoms. The van der Waals surface area contributed by atoms with Crippen LogP contribution in [0.25, 0.3) is 0 Å². The smallest absolute Gasteiger partial charge is 0.226 e. The number of nitrogens with one attached hydrogen (secondary N) is 1. The van der Waals surface area contributed by atoms with Crippen LogP contribution in [-0.4, -0.2) is 29.1 Å². The van der Waals surface area contributed by atoms with Crippen molar-refractivity contribution in [3.05, 3.63) is 47.0 Å². The summed E-state index contributed by atoms with van der Waals surface area (Å²) >= 11 is 1.61. The van der Waals surface area contributed by atoms with E-state index in [9.17, 15) is 4.79 Å². The Labute approximate surface area is 123 Å². The van der Waals surface area contributed by atoms with Crippen LogP contribution in [-0.2, 0) is 4.79 Å². The molecular weight excluding hydrogens is 270 g/mol. The molecule has 1 N–H and O–H groups in total. The molecule has 0 aliphatic carbocycles. The Hall–Kier alpha value is -1.75. The number of benzene rings is 1. The molecule has 0 saturated heterocycles. The number of hydrogen-bond acceptors (Lipinski definition) is 4. The lowest BCUT2D eigenvalue weighted by Crippen LogP contribution is -2.30. The number of carbonyl (C=O) groups excluding carboxylic acids is 1. The summed E-state index contributed by atoms with van der Waals surface area (Å²) < 4.78 is 0. The predicted octanol–water partition coefficient (Wildman–Crippen LogP) is 2.51. The van der Waals surface area contributed by atoms with Gasteiger partial charge < -0.3 is 10.2 Å². The Bertz CT molecular complexity index is 568. The van der Waals surface area contributed by atoms with Gasteiger partial charge in [-0.05, 0) is 17.9 Å². The number of rotatable bonds is 4. The molecular formula is C15H17N3OS. The number of fused-ring (bicyclic) bond motifs is 1. The molecule has 0 spiro atoms. The number of carbonyl (C=O) groups is 1. The molecule has 0 radical (unpaired) electrons. The zero-order valence-electron chi connectivity index (χ0n) is 11.4. The predicted molar refractivity (Wildman–Crippen MR) is 82.3 cm³/mol. The average Bonchev–Trinajstić information content (AvgIpc) is 3.05. The monoisotopic (exact) mass is 287 g/mol. The van der Waals surface area contributed by atoms with Gasteiger partial charge in [-0.3, -0.25) is 9.79 Å². The third-order valence-electron chi connectivity index (χ3n) is 3.47. The van der Waals surface area contributed by atoms with Crippen molar-refractivity contribution in [2.75, 3.05) is 13.1 Å². The fourth-order valence-electron chi connectivity index (χ4n) is 2.40. The van der Waals surface area contributed by atoms with Gasteiger partial charge in [0.2, 0.25) is 5.91 Å². The van der Waals surface area contributed by atoms with E-state index in [0.29, 0.717) is 6.42 Å². The lowest BCUT2D eigenvalue weighted by molar-refractivity contribution is -0.121. The molecule has 3 rings (SSSR count). The zero-order chi connectivity index (χ0) is 13.9. The molecule has 0 aromatic heterocycles. The Morgan fingerprint density at radius 1 is 1.45 bits per heavy atom. The van der Waals surface area contributed by atoms with Gasteiger partial charge >= 0.3 is 0 Å². The van der Waals surface area contributed by atoms with Crippen molar-refractivity contribution in [2.45, 2.75) is 19.4 Å². The highest BCUT2D eigenvalue weighted by atomic mass is 32.2. The molecule has 0 bridgehead atoms. The second-order valence-electron chi connectivity index (χ2n) is 4.92. The van der Waals surface area contributed by atoms with E-state index in [1.165, 1.54) is 0 Å². The van der Waals surface area contributed by atoms with Crippen LogP contribution in [0, 0.1) is 0 Å². The van der Waals surface area contributed by atoms with Crippen LogP contribution in [0.2, 0.25) is 0 Å². The molecule has 2 aliphatic rings. The summed E-state index contributed by atoms with van der Waals surface area (Å²) in [6, 6.07) is 10.0. The molecule has 0 fully saturated rings. The highest BCUT2D eigenvalue weighted by Crippen LogP contribution is 2.30. The molecule has 1 aromatic carbocycles. The van der Waals surface area contributed by atoms with Gasteiger partial charge in [0.1, 0.15) is 0 Å². The minimum absolute atomic E-state index is 0.0325. The summed E-state index contributed by atoms with van der Waals surface area (Å²) in [7, 11) is 0. The summed E-state index contributed by atoms with van der Waals surface area (Å²) in [5, 5.41) is 6.11. The first kappa shape index (κ1) is 13.2. The van der Waals surface area contributed by atoms with E-state index < -0.39 is 0 Å². The van der Waals surface area contributed by atoms with Gasteiger partial charge in [-0.2, -0.15) is 0 Å². The molecule has 20 heavy (non-hydrogen) atoms. The number of nitrogens with zero attached hydrogens (tertiary/aromatic N) is 2. The van der Waals surface area contributed by atoms with E-state index in [1.807, 2.05) is 42.7 Å². The van der Waals surface area contributed by atoms with Gasteiger partial charge in [-0.25, -0.2) is 0 Å². The first-order chi connectivity index (χ1) is 9.74. The average molecular weight is 287 g/mol. The van der Waals surface area contributed by atoms with Crippen LogP contribution in [0.1, 0.15) is 24.9 Å². The zero-order valence-corrected chi connectivity index (χ0v) is 12.2. The fraction of sp³-hybridized carbons (Fsp3) is 0.333. The van der Waals surface area contributed by atoms with E-state index in [0.717, 1.165) is 29.5 Å². The molecule has 1 aromatic rings. The van der Waals surface area contributed by atoms with Crippen LogP contribution in [0.5, 0.6) is 0 Å². The van der Waals surface area contributed by atoms with Crippen molar-refractivity contribution >= 4 is 22.8 Å². The SMILES string of the molecule is CC(NC(=O)CC1=CSC2=NCCN12)c1ccccc1. The van der Waals surface area contributed by atoms with Gasteiger partial charge in [0.15, 0.2) is 5.17 Å². The quantitative estimate of drug-likeness (QED) is 0.925. The normalized spacial score (nSPS) is 18.4. The Balaban J connectivity index is 1.57. The molecule has 1 atom stereocenters. The standard InChI is InChI=1S/C15H17N3OS/c1-11(12-5-3-2-4-6-12)17-14(19)9-13-10-20-15-16-7-8-18(13)15/h2-6,10-11H,7-9H2,1H3,(H,17,19). The van der Waals surface area contributed by atoms with Crippen molar-refractivity contribution in [3.63, 3.8) is 0 Å². The minimum Gasteiger partial charge on any atom is -0.349 e. The highest BCUT2D eigenvalue weighted by molar-refractivity contribution is 8.16. The Morgan fingerprint density at radius 2 is 2.25 bits per heavy atom. The first-order valence-electron chi connectivity index (χ1n) is 6.76. The van der Waals surface area contributed by atoms with E-state index in [4.69, 9.17) is 0 Å². The number of amidine groups is 1. The van der Waals surface area contributed by atoms with Crippen molar-refractivity contribution in [2.24, 2.45) is 4.99 Å². The Kier molecular flexibility index (Phi) is 3.78. The third-order valence-corrected chi connectivity index (χ3v) is 4.42. The van der Waals surface area contributed by atoms with Crippen LogP contribution in [0.3, 0.4) is 0 Å². The molecule has 104 valence electrons. The molecule has 4 nitrogen and oxygen atoms in total. The van der Waals surface area contributed by atoms with Crippen molar-refractivity contribution in [1.82, 2.24) is 10.2 Å². The first-order valence-corrected chi connectivity index (χ1v) is 7.64. The summed E-state index contributed by atoms with van der Waals surface area (Å²) in [6.45, 7) is 3.74. The number of aliphatic imine (C=N–C) groups is 1. The van der Waals surface area contributed by atoms with Gasteiger partial charge in [0.25, 0.3) is 0 Å². The maximum atomic E-state index is 12.1. The topological polar surface area (TPSA) is 44.7 Å². The van der Waals surface area contributed by atoms with Gasteiger partial charge in [0.05, 0.1) is 19.0 Å². The van der Waals surface area contributed by atoms with Crippen LogP contribution >= 0.6 is 11.8 Å². The number of amides is 1. The van der Waals surface area contributed by atoms with E-state index in [2.05, 4.69) is 15.2 Å². The largest absolute Gasteiger partial charge is 0.349 e. The molecule has 0 saturated carbocycles. The van der Waals surface area contributed by atoms with Gasteiger partial charge in [0, 0.05) is 12.2 Å². The molecule has 2 aliphatic heterocycles. The van der Waals surface area contributed by atoms with Crippen molar-refractivity contribution in [1.29, 1.82) is 0 Å². The van der Waals surface area contributed by atoms with E-state index >= 15 is 0 Å². The molecule has 1 amide bonds. The minimum atomic E-state index is 0.0325. The number of thioether (sulfide) groups is 1. The van der Waals surface area contributed by atoms with Gasteiger partial charge in [-0.1, -0.05) is 42.1 Å². The maximum Gasteiger partial charge on any atom is 0.226 e. The van der Waals surface area contributed by atoms with E-state index in [-0.39, 0.29) is 11.9 Å². The second kappa shape index (κ2) is 5.71. The second-order valence-corrected chi connectivity index (χ2v) is 5.76. The molecule has 1 unspecified atom stereocenters. The summed E-state index contributed by atoms with van der Waals surface area (Å²) in [5.41, 5.74) is 2.18. The molecule has 2 heterocycles. The fourth-order valence-corrected chi connectivity index (χ4v) is 3.35. The van der Waals surface area contributed by atoms with Crippen molar-refractivity contribution in [3.8, 4) is 0 Å². The summed E-state index contributed by atoms with van der Waals surface area (Å²) in [4.78, 5) is 18.7. The van der Waals surface area contributed by atoms with Crippen LogP contribution < -0.4 is 5.32 Å². The third kappa shape index (κ3) is 2.72. The number of hydrogen-bond donors (Lipinski definition) is 1. The van der Waals surface area contributed by atoms with Crippen molar-refractivity contribution < 1.29 is 4.79 Å². The van der Waals surface area contributed by atoms with E-state index in [1.54, 1.807) is 11.8 Å². The van der Waals surface area contributed by atoms with Crippen LogP contribution in [0.4, 0.5) is 0 Å². The summed E-state index contributed by atoms with van der Waals surface area (Å²) in [6.07, 6.45) is 0.420. The lowest BCUT2D eigenvalue weighted by atomic mass is 10.1. The highest BCUT2D eigenvalue weighted by Gasteiger charge is 2.27. The van der Waals surface area contributed by atoms with Gasteiger partial charge in [-0.15, -0.1) is 0 Å². The lowest BCUT2D eigenvalue weighted by Gasteiger charge is -2.18.